The number of aryl methyl sites for hydroxylation is 1. The molecule has 0 saturated carbocycles. The molecule has 1 aliphatic rings. The molecule has 2 amide bonds. The number of hydrogen-bond donors (Lipinski definition) is 1. The van der Waals surface area contributed by atoms with Crippen LogP contribution in [0.5, 0.6) is 11.5 Å². The number of para-hydroxylation sites is 1. The lowest BCUT2D eigenvalue weighted by molar-refractivity contribution is -0.117. The minimum atomic E-state index is -0.360. The van der Waals surface area contributed by atoms with Gasteiger partial charge in [-0.3, -0.25) is 9.59 Å². The van der Waals surface area contributed by atoms with E-state index in [0.29, 0.717) is 28.6 Å². The maximum Gasteiger partial charge on any atom is 0.254 e. The number of anilines is 1. The highest BCUT2D eigenvalue weighted by Crippen LogP contribution is 2.33. The Morgan fingerprint density at radius 3 is 2.55 bits per heavy atom. The van der Waals surface area contributed by atoms with Crippen molar-refractivity contribution in [1.82, 2.24) is 14.7 Å². The van der Waals surface area contributed by atoms with E-state index in [0.717, 1.165) is 16.9 Å². The lowest BCUT2D eigenvalue weighted by Crippen LogP contribution is -2.37. The normalized spacial score (nSPS) is 12.4. The van der Waals surface area contributed by atoms with Crippen molar-refractivity contribution in [1.29, 1.82) is 0 Å². The van der Waals surface area contributed by atoms with E-state index >= 15 is 0 Å². The number of ether oxygens (including phenoxy) is 2. The van der Waals surface area contributed by atoms with Crippen molar-refractivity contribution < 1.29 is 23.5 Å². The van der Waals surface area contributed by atoms with Gasteiger partial charge in [-0.2, -0.15) is 5.10 Å². The van der Waals surface area contributed by atoms with Gasteiger partial charge in [0.15, 0.2) is 11.5 Å². The van der Waals surface area contributed by atoms with Crippen LogP contribution >= 0.6 is 0 Å². The maximum atomic E-state index is 13.5. The Bertz CT molecular complexity index is 1470. The molecular weight excluding hydrogens is 484 g/mol. The van der Waals surface area contributed by atoms with Gasteiger partial charge in [0.1, 0.15) is 18.1 Å². The van der Waals surface area contributed by atoms with Crippen LogP contribution in [-0.2, 0) is 16.8 Å². The number of furan rings is 1. The van der Waals surface area contributed by atoms with Crippen molar-refractivity contribution in [2.24, 2.45) is 0 Å². The Kier molecular flexibility index (Phi) is 6.67. The summed E-state index contributed by atoms with van der Waals surface area (Å²) in [6.07, 6.45) is 1.54. The zero-order valence-electron chi connectivity index (χ0n) is 21.9. The first-order valence-corrected chi connectivity index (χ1v) is 12.4. The molecular formula is C29H30N4O5. The third-order valence-electron chi connectivity index (χ3n) is 6.26. The van der Waals surface area contributed by atoms with E-state index in [4.69, 9.17) is 19.0 Å². The summed E-state index contributed by atoms with van der Waals surface area (Å²) < 4.78 is 18.0. The van der Waals surface area contributed by atoms with Gasteiger partial charge < -0.3 is 24.1 Å². The Hall–Kier alpha value is -4.53. The number of carbonyl (C=O) groups excluding carboxylic acids is 2. The molecule has 0 bridgehead atoms. The highest BCUT2D eigenvalue weighted by Gasteiger charge is 2.26. The molecule has 0 spiro atoms. The second-order valence-electron chi connectivity index (χ2n) is 10.2. The van der Waals surface area contributed by atoms with E-state index in [1.807, 2.05) is 37.3 Å². The van der Waals surface area contributed by atoms with Crippen LogP contribution in [-0.4, -0.2) is 39.8 Å². The van der Waals surface area contributed by atoms with Gasteiger partial charge in [-0.1, -0.05) is 39.0 Å². The number of carbonyl (C=O) groups is 2. The average molecular weight is 515 g/mol. The topological polar surface area (TPSA) is 98.8 Å². The van der Waals surface area contributed by atoms with Gasteiger partial charge >= 0.3 is 0 Å². The second-order valence-corrected chi connectivity index (χ2v) is 10.2. The van der Waals surface area contributed by atoms with Gasteiger partial charge in [0.2, 0.25) is 12.7 Å². The number of nitrogens with one attached hydrogen (secondary N) is 1. The minimum absolute atomic E-state index is 0.108. The maximum absolute atomic E-state index is 13.5. The fourth-order valence-corrected chi connectivity index (χ4v) is 4.18. The second kappa shape index (κ2) is 10.1. The van der Waals surface area contributed by atoms with E-state index in [-0.39, 0.29) is 37.1 Å². The van der Waals surface area contributed by atoms with E-state index in [1.54, 1.807) is 35.0 Å². The molecule has 2 aromatic heterocycles. The first-order chi connectivity index (χ1) is 18.2. The number of fused-ring (bicyclic) bond motifs is 1. The van der Waals surface area contributed by atoms with Crippen molar-refractivity contribution in [2.45, 2.75) is 39.7 Å². The van der Waals surface area contributed by atoms with E-state index in [9.17, 15) is 9.59 Å². The van der Waals surface area contributed by atoms with Crippen LogP contribution in [0.1, 0.15) is 48.1 Å². The summed E-state index contributed by atoms with van der Waals surface area (Å²) in [4.78, 5) is 28.3. The smallest absolute Gasteiger partial charge is 0.254 e. The summed E-state index contributed by atoms with van der Waals surface area (Å²) in [6.45, 7) is 8.23. The lowest BCUT2D eigenvalue weighted by Gasteiger charge is -2.21. The molecule has 0 aliphatic carbocycles. The zero-order chi connectivity index (χ0) is 26.9. The fourth-order valence-electron chi connectivity index (χ4n) is 4.18. The predicted molar refractivity (Wildman–Crippen MR) is 142 cm³/mol. The summed E-state index contributed by atoms with van der Waals surface area (Å²) in [6, 6.07) is 18.2. The zero-order valence-corrected chi connectivity index (χ0v) is 21.9. The van der Waals surface area contributed by atoms with Gasteiger partial charge in [0.05, 0.1) is 24.2 Å². The number of amides is 2. The van der Waals surface area contributed by atoms with Crippen molar-refractivity contribution in [3.63, 3.8) is 0 Å². The molecule has 4 aromatic rings. The van der Waals surface area contributed by atoms with Crippen LogP contribution in [0.4, 0.5) is 5.82 Å². The van der Waals surface area contributed by atoms with Gasteiger partial charge in [0.25, 0.3) is 5.91 Å². The molecule has 3 heterocycles. The lowest BCUT2D eigenvalue weighted by atomic mass is 9.92. The molecule has 1 N–H and O–H groups in total. The molecule has 0 saturated heterocycles. The van der Waals surface area contributed by atoms with Crippen LogP contribution < -0.4 is 14.8 Å². The molecule has 2 aromatic carbocycles. The Morgan fingerprint density at radius 1 is 1.03 bits per heavy atom. The van der Waals surface area contributed by atoms with Crippen molar-refractivity contribution in [3.05, 3.63) is 89.5 Å². The Morgan fingerprint density at radius 2 is 1.82 bits per heavy atom. The first kappa shape index (κ1) is 25.1. The molecule has 9 heteroatoms. The van der Waals surface area contributed by atoms with E-state index in [2.05, 4.69) is 26.1 Å². The average Bonchev–Trinajstić information content (AvgIpc) is 3.64. The summed E-state index contributed by atoms with van der Waals surface area (Å²) >= 11 is 0. The molecule has 0 atom stereocenters. The van der Waals surface area contributed by atoms with Crippen LogP contribution in [0.3, 0.4) is 0 Å². The van der Waals surface area contributed by atoms with Crippen LogP contribution in [0, 0.1) is 6.92 Å². The van der Waals surface area contributed by atoms with E-state index in [1.165, 1.54) is 11.2 Å². The molecule has 38 heavy (non-hydrogen) atoms. The van der Waals surface area contributed by atoms with Gasteiger partial charge in [-0.05, 0) is 48.9 Å². The summed E-state index contributed by atoms with van der Waals surface area (Å²) in [7, 11) is 0. The third kappa shape index (κ3) is 5.27. The largest absolute Gasteiger partial charge is 0.467 e. The molecule has 0 unspecified atom stereocenters. The summed E-state index contributed by atoms with van der Waals surface area (Å²) in [5.74, 6) is 1.47. The molecule has 0 radical (unpaired) electrons. The van der Waals surface area contributed by atoms with Crippen molar-refractivity contribution in [3.8, 4) is 17.2 Å². The quantitative estimate of drug-likeness (QED) is 0.369. The fraction of sp³-hybridized carbons (Fsp3) is 0.276. The third-order valence-corrected chi connectivity index (χ3v) is 6.26. The minimum Gasteiger partial charge on any atom is -0.467 e. The first-order valence-electron chi connectivity index (χ1n) is 12.4. The summed E-state index contributed by atoms with van der Waals surface area (Å²) in [5, 5.41) is 7.78. The van der Waals surface area contributed by atoms with Gasteiger partial charge in [0, 0.05) is 17.0 Å². The van der Waals surface area contributed by atoms with Gasteiger partial charge in [-0.15, -0.1) is 0 Å². The molecule has 5 rings (SSSR count). The number of nitrogens with zero attached hydrogens (tertiary/aromatic N) is 3. The highest BCUT2D eigenvalue weighted by atomic mass is 16.7. The van der Waals surface area contributed by atoms with Crippen LogP contribution in [0.25, 0.3) is 5.69 Å². The van der Waals surface area contributed by atoms with Crippen molar-refractivity contribution in [2.75, 3.05) is 18.7 Å². The summed E-state index contributed by atoms with van der Waals surface area (Å²) in [5.41, 5.74) is 2.87. The van der Waals surface area contributed by atoms with Crippen LogP contribution in [0.2, 0.25) is 0 Å². The van der Waals surface area contributed by atoms with Gasteiger partial charge in [-0.25, -0.2) is 4.68 Å². The van der Waals surface area contributed by atoms with Crippen molar-refractivity contribution >= 4 is 17.6 Å². The van der Waals surface area contributed by atoms with Crippen LogP contribution in [0.15, 0.2) is 71.3 Å². The van der Waals surface area contributed by atoms with E-state index < -0.39 is 0 Å². The monoisotopic (exact) mass is 514 g/mol. The SMILES string of the molecule is Cc1ccccc1-n1nc(C(C)(C)C)cc1NC(=O)CN(Cc1ccco1)C(=O)c1ccc2c(c1)OCO2. The molecule has 9 nitrogen and oxygen atoms in total. The number of hydrogen-bond acceptors (Lipinski definition) is 6. The number of rotatable bonds is 7. The molecule has 1 aliphatic heterocycles. The number of aromatic nitrogens is 2. The Labute approximate surface area is 221 Å². The standard InChI is InChI=1S/C29H30N4O5/c1-19-8-5-6-10-22(19)33-26(15-25(31-33)29(2,3)4)30-27(34)17-32(16-21-9-7-13-36-21)28(35)20-11-12-23-24(14-20)38-18-37-23/h5-15H,16-18H2,1-4H3,(H,30,34). The molecule has 0 fully saturated rings. The predicted octanol–water partition coefficient (Wildman–Crippen LogP) is 5.08. The Balaban J connectivity index is 1.42. The highest BCUT2D eigenvalue weighted by molar-refractivity contribution is 5.99. The number of benzene rings is 2. The molecule has 196 valence electrons.